The summed E-state index contributed by atoms with van der Waals surface area (Å²) >= 11 is 5.65. The van der Waals surface area contributed by atoms with Crippen LogP contribution in [0.15, 0.2) is 12.3 Å². The number of methoxy groups -OCH3 is 1. The highest BCUT2D eigenvalue weighted by Gasteiger charge is 2.33. The maximum absolute atomic E-state index is 13.7. The quantitative estimate of drug-likeness (QED) is 0.894. The van der Waals surface area contributed by atoms with Crippen LogP contribution in [0.3, 0.4) is 0 Å². The Hall–Kier alpha value is -0.910. The molecule has 0 spiro atoms. The number of rotatable bonds is 3. The zero-order valence-corrected chi connectivity index (χ0v) is 10.2. The van der Waals surface area contributed by atoms with E-state index in [2.05, 4.69) is 4.98 Å². The molecule has 94 valence electrons. The molecular weight excluding hydrogens is 247 g/mol. The SMILES string of the molecule is CO[C@@H]1C[C@@H](CO)N(c2ncc(Cl)cc2F)C1. The molecule has 0 unspecified atom stereocenters. The minimum Gasteiger partial charge on any atom is -0.394 e. The topological polar surface area (TPSA) is 45.6 Å². The van der Waals surface area contributed by atoms with E-state index in [-0.39, 0.29) is 29.6 Å². The molecule has 0 bridgehead atoms. The van der Waals surface area contributed by atoms with Crippen molar-refractivity contribution in [3.05, 3.63) is 23.1 Å². The molecule has 1 aromatic heterocycles. The molecule has 2 atom stereocenters. The number of anilines is 1. The van der Waals surface area contributed by atoms with Gasteiger partial charge in [0.05, 0.1) is 23.8 Å². The molecule has 4 nitrogen and oxygen atoms in total. The largest absolute Gasteiger partial charge is 0.394 e. The first-order valence-electron chi connectivity index (χ1n) is 5.37. The van der Waals surface area contributed by atoms with Crippen molar-refractivity contribution in [2.45, 2.75) is 18.6 Å². The molecular formula is C11H14ClFN2O2. The summed E-state index contributed by atoms with van der Waals surface area (Å²) in [5, 5.41) is 9.54. The monoisotopic (exact) mass is 260 g/mol. The van der Waals surface area contributed by atoms with Gasteiger partial charge < -0.3 is 14.7 Å². The summed E-state index contributed by atoms with van der Waals surface area (Å²) in [6, 6.07) is 1.06. The van der Waals surface area contributed by atoms with Crippen molar-refractivity contribution < 1.29 is 14.2 Å². The Balaban J connectivity index is 2.26. The van der Waals surface area contributed by atoms with Gasteiger partial charge in [-0.05, 0) is 12.5 Å². The first kappa shape index (κ1) is 12.5. The van der Waals surface area contributed by atoms with Crippen LogP contribution in [0, 0.1) is 5.82 Å². The standard InChI is InChI=1S/C11H14ClFN2O2/c1-17-9-3-8(6-16)15(5-9)11-10(13)2-7(12)4-14-11/h2,4,8-9,16H,3,5-6H2,1H3/t8-,9+/m0/s1. The van der Waals surface area contributed by atoms with Crippen LogP contribution in [0.2, 0.25) is 5.02 Å². The average molecular weight is 261 g/mol. The number of aromatic nitrogens is 1. The lowest BCUT2D eigenvalue weighted by molar-refractivity contribution is 0.115. The molecule has 6 heteroatoms. The maximum Gasteiger partial charge on any atom is 0.167 e. The summed E-state index contributed by atoms with van der Waals surface area (Å²) in [5.74, 6) is -0.263. The van der Waals surface area contributed by atoms with E-state index in [9.17, 15) is 9.50 Å². The summed E-state index contributed by atoms with van der Waals surface area (Å²) < 4.78 is 19.0. The van der Waals surface area contributed by atoms with Crippen LogP contribution in [-0.2, 0) is 4.74 Å². The molecule has 1 aliphatic heterocycles. The molecule has 0 saturated carbocycles. The van der Waals surface area contributed by atoms with Crippen molar-refractivity contribution in [2.75, 3.05) is 25.2 Å². The summed E-state index contributed by atoms with van der Waals surface area (Å²) in [6.07, 6.45) is 2.05. The fraction of sp³-hybridized carbons (Fsp3) is 0.545. The molecule has 2 heterocycles. The molecule has 0 aromatic carbocycles. The minimum atomic E-state index is -0.479. The van der Waals surface area contributed by atoms with E-state index in [1.165, 1.54) is 12.3 Å². The van der Waals surface area contributed by atoms with Crippen LogP contribution in [0.4, 0.5) is 10.2 Å². The number of ether oxygens (including phenoxy) is 1. The molecule has 17 heavy (non-hydrogen) atoms. The smallest absolute Gasteiger partial charge is 0.167 e. The highest BCUT2D eigenvalue weighted by atomic mass is 35.5. The van der Waals surface area contributed by atoms with E-state index < -0.39 is 5.82 Å². The van der Waals surface area contributed by atoms with Gasteiger partial charge in [0, 0.05) is 19.9 Å². The van der Waals surface area contributed by atoms with Crippen molar-refractivity contribution in [2.24, 2.45) is 0 Å². The van der Waals surface area contributed by atoms with E-state index in [0.717, 1.165) is 0 Å². The number of nitrogens with zero attached hydrogens (tertiary/aromatic N) is 2. The maximum atomic E-state index is 13.7. The van der Waals surface area contributed by atoms with Gasteiger partial charge in [-0.1, -0.05) is 11.6 Å². The van der Waals surface area contributed by atoms with Gasteiger partial charge in [0.25, 0.3) is 0 Å². The van der Waals surface area contributed by atoms with Gasteiger partial charge in [-0.25, -0.2) is 9.37 Å². The number of aliphatic hydroxyl groups excluding tert-OH is 1. The van der Waals surface area contributed by atoms with Crippen LogP contribution in [0.1, 0.15) is 6.42 Å². The Kier molecular flexibility index (Phi) is 3.81. The van der Waals surface area contributed by atoms with E-state index in [4.69, 9.17) is 16.3 Å². The molecule has 1 aliphatic rings. The van der Waals surface area contributed by atoms with Crippen LogP contribution < -0.4 is 4.90 Å². The van der Waals surface area contributed by atoms with E-state index >= 15 is 0 Å². The van der Waals surface area contributed by atoms with Gasteiger partial charge in [0.1, 0.15) is 0 Å². The normalized spacial score (nSPS) is 24.4. The number of halogens is 2. The van der Waals surface area contributed by atoms with Crippen molar-refractivity contribution in [1.82, 2.24) is 4.98 Å². The molecule has 1 aromatic rings. The summed E-state index contributed by atoms with van der Waals surface area (Å²) in [7, 11) is 1.61. The zero-order chi connectivity index (χ0) is 12.4. The van der Waals surface area contributed by atoms with Gasteiger partial charge in [-0.2, -0.15) is 0 Å². The van der Waals surface area contributed by atoms with Crippen molar-refractivity contribution >= 4 is 17.4 Å². The molecule has 1 saturated heterocycles. The van der Waals surface area contributed by atoms with Crippen LogP contribution in [0.5, 0.6) is 0 Å². The van der Waals surface area contributed by atoms with Crippen LogP contribution >= 0.6 is 11.6 Å². The molecule has 0 amide bonds. The molecule has 2 rings (SSSR count). The zero-order valence-electron chi connectivity index (χ0n) is 9.44. The first-order valence-corrected chi connectivity index (χ1v) is 5.74. The minimum absolute atomic E-state index is 0.0102. The number of pyridine rings is 1. The highest BCUT2D eigenvalue weighted by Crippen LogP contribution is 2.28. The Labute approximate surface area is 104 Å². The third kappa shape index (κ3) is 2.51. The Bertz CT molecular complexity index is 405. The van der Waals surface area contributed by atoms with E-state index in [0.29, 0.717) is 13.0 Å². The van der Waals surface area contributed by atoms with Gasteiger partial charge in [-0.3, -0.25) is 0 Å². The predicted molar refractivity (Wildman–Crippen MR) is 62.8 cm³/mol. The summed E-state index contributed by atoms with van der Waals surface area (Å²) in [6.45, 7) is 0.469. The Morgan fingerprint density at radius 2 is 2.47 bits per heavy atom. The number of aliphatic hydroxyl groups is 1. The van der Waals surface area contributed by atoms with E-state index in [1.54, 1.807) is 12.0 Å². The molecule has 1 N–H and O–H groups in total. The number of hydrogen-bond donors (Lipinski definition) is 1. The van der Waals surface area contributed by atoms with E-state index in [1.807, 2.05) is 0 Å². The van der Waals surface area contributed by atoms with Gasteiger partial charge in [0.2, 0.25) is 0 Å². The fourth-order valence-corrected chi connectivity index (χ4v) is 2.24. The summed E-state index contributed by atoms with van der Waals surface area (Å²) in [4.78, 5) is 5.70. The third-order valence-corrected chi connectivity index (χ3v) is 3.19. The van der Waals surface area contributed by atoms with Gasteiger partial charge in [-0.15, -0.1) is 0 Å². The lowest BCUT2D eigenvalue weighted by Crippen LogP contribution is -2.33. The predicted octanol–water partition coefficient (Wildman–Crippen LogP) is 1.46. The molecule has 0 aliphatic carbocycles. The van der Waals surface area contributed by atoms with Crippen LogP contribution in [-0.4, -0.2) is 42.5 Å². The average Bonchev–Trinajstić information content (AvgIpc) is 2.72. The van der Waals surface area contributed by atoms with Crippen molar-refractivity contribution in [3.8, 4) is 0 Å². The van der Waals surface area contributed by atoms with Crippen LogP contribution in [0.25, 0.3) is 0 Å². The Morgan fingerprint density at radius 1 is 1.71 bits per heavy atom. The second kappa shape index (κ2) is 5.16. The lowest BCUT2D eigenvalue weighted by Gasteiger charge is -2.24. The first-order chi connectivity index (χ1) is 8.15. The fourth-order valence-electron chi connectivity index (χ4n) is 2.10. The van der Waals surface area contributed by atoms with Crippen molar-refractivity contribution in [3.63, 3.8) is 0 Å². The second-order valence-corrected chi connectivity index (χ2v) is 4.48. The summed E-state index contributed by atoms with van der Waals surface area (Å²) in [5.41, 5.74) is 0. The third-order valence-electron chi connectivity index (χ3n) is 2.98. The molecule has 1 fully saturated rings. The Morgan fingerprint density at radius 3 is 3.06 bits per heavy atom. The van der Waals surface area contributed by atoms with Gasteiger partial charge in [0.15, 0.2) is 11.6 Å². The van der Waals surface area contributed by atoms with Crippen molar-refractivity contribution in [1.29, 1.82) is 0 Å². The second-order valence-electron chi connectivity index (χ2n) is 4.04. The van der Waals surface area contributed by atoms with Gasteiger partial charge >= 0.3 is 0 Å². The number of hydrogen-bond acceptors (Lipinski definition) is 4. The molecule has 0 radical (unpaired) electrons. The lowest BCUT2D eigenvalue weighted by atomic mass is 10.2. The highest BCUT2D eigenvalue weighted by molar-refractivity contribution is 6.30.